The van der Waals surface area contributed by atoms with Crippen LogP contribution in [0.1, 0.15) is 73.6 Å². The fourth-order valence-electron chi connectivity index (χ4n) is 5.64. The van der Waals surface area contributed by atoms with Crippen molar-refractivity contribution in [2.75, 3.05) is 0 Å². The molecule has 0 N–H and O–H groups in total. The lowest BCUT2D eigenvalue weighted by Crippen LogP contribution is -2.35. The van der Waals surface area contributed by atoms with Crippen molar-refractivity contribution in [1.82, 2.24) is 0 Å². The fourth-order valence-corrected chi connectivity index (χ4v) is 5.64. The van der Waals surface area contributed by atoms with Crippen molar-refractivity contribution < 1.29 is 9.59 Å². The molecule has 3 aliphatic rings. The Morgan fingerprint density at radius 3 is 1.78 bits per heavy atom. The SMILES string of the molecule is CC(=O)C1C2CC(C)C(C2)C1C(C)=O.CC1CCC(C)C(C)C1. The third kappa shape index (κ3) is 4.06. The fraction of sp³-hybridized carbons (Fsp3) is 0.905. The van der Waals surface area contributed by atoms with Gasteiger partial charge in [0.2, 0.25) is 0 Å². The number of carbonyl (C=O) groups excluding carboxylic acids is 2. The average molecular weight is 321 g/mol. The summed E-state index contributed by atoms with van der Waals surface area (Å²) in [5, 5.41) is 0. The maximum absolute atomic E-state index is 11.5. The van der Waals surface area contributed by atoms with E-state index in [1.807, 2.05) is 0 Å². The standard InChI is InChI=1S/C12H18O2.C9H18/c1-6-4-9-5-10(6)12(8(3)14)11(9)7(2)13;1-7-4-5-8(2)9(3)6-7/h6,9-12H,4-5H2,1-3H3;7-9H,4-6H2,1-3H3. The molecule has 0 aliphatic heterocycles. The summed E-state index contributed by atoms with van der Waals surface area (Å²) in [4.78, 5) is 23.0. The van der Waals surface area contributed by atoms with E-state index in [1.54, 1.807) is 13.8 Å². The van der Waals surface area contributed by atoms with Crippen molar-refractivity contribution >= 4 is 11.6 Å². The Morgan fingerprint density at radius 1 is 0.696 bits per heavy atom. The Balaban J connectivity index is 0.000000185. The molecule has 0 aromatic carbocycles. The van der Waals surface area contributed by atoms with Gasteiger partial charge in [0.1, 0.15) is 11.6 Å². The van der Waals surface area contributed by atoms with Gasteiger partial charge < -0.3 is 0 Å². The van der Waals surface area contributed by atoms with Gasteiger partial charge in [-0.3, -0.25) is 9.59 Å². The first-order valence-corrected chi connectivity index (χ1v) is 9.73. The summed E-state index contributed by atoms with van der Waals surface area (Å²) < 4.78 is 0. The van der Waals surface area contributed by atoms with Crippen LogP contribution in [0.4, 0.5) is 0 Å². The molecule has 0 aromatic heterocycles. The van der Waals surface area contributed by atoms with Gasteiger partial charge in [0.15, 0.2) is 0 Å². The molecule has 23 heavy (non-hydrogen) atoms. The Hall–Kier alpha value is -0.660. The van der Waals surface area contributed by atoms with Crippen molar-refractivity contribution in [3.05, 3.63) is 0 Å². The van der Waals surface area contributed by atoms with Crippen molar-refractivity contribution in [1.29, 1.82) is 0 Å². The lowest BCUT2D eigenvalue weighted by atomic mass is 9.71. The smallest absolute Gasteiger partial charge is 0.133 e. The predicted octanol–water partition coefficient (Wildman–Crippen LogP) is 5.15. The van der Waals surface area contributed by atoms with Gasteiger partial charge in [-0.2, -0.15) is 0 Å². The van der Waals surface area contributed by atoms with Gasteiger partial charge in [0.05, 0.1) is 0 Å². The minimum Gasteiger partial charge on any atom is -0.300 e. The van der Waals surface area contributed by atoms with E-state index in [2.05, 4.69) is 27.7 Å². The molecule has 3 rings (SSSR count). The first-order chi connectivity index (χ1) is 10.7. The summed E-state index contributed by atoms with van der Waals surface area (Å²) in [7, 11) is 0. The van der Waals surface area contributed by atoms with E-state index in [0.717, 1.165) is 30.6 Å². The first-order valence-electron chi connectivity index (χ1n) is 9.73. The molecule has 0 radical (unpaired) electrons. The number of rotatable bonds is 2. The molecule has 2 heteroatoms. The van der Waals surface area contributed by atoms with Crippen LogP contribution >= 0.6 is 0 Å². The highest BCUT2D eigenvalue weighted by Crippen LogP contribution is 2.55. The number of hydrogen-bond donors (Lipinski definition) is 0. The molecule has 8 unspecified atom stereocenters. The molecule has 0 saturated heterocycles. The monoisotopic (exact) mass is 320 g/mol. The topological polar surface area (TPSA) is 34.1 Å². The normalized spacial score (nSPS) is 45.3. The zero-order valence-corrected chi connectivity index (χ0v) is 16.0. The van der Waals surface area contributed by atoms with Crippen molar-refractivity contribution in [3.8, 4) is 0 Å². The van der Waals surface area contributed by atoms with Gasteiger partial charge in [0, 0.05) is 11.8 Å². The minimum absolute atomic E-state index is 0.0428. The molecule has 0 heterocycles. The molecule has 0 spiro atoms. The predicted molar refractivity (Wildman–Crippen MR) is 95.1 cm³/mol. The summed E-state index contributed by atoms with van der Waals surface area (Å²) >= 11 is 0. The van der Waals surface area contributed by atoms with E-state index in [9.17, 15) is 9.59 Å². The van der Waals surface area contributed by atoms with Crippen LogP contribution in [-0.2, 0) is 9.59 Å². The van der Waals surface area contributed by atoms with E-state index in [1.165, 1.54) is 19.3 Å². The second-order valence-electron chi connectivity index (χ2n) is 9.02. The molecule has 2 bridgehead atoms. The number of fused-ring (bicyclic) bond motifs is 2. The molecular formula is C21H36O2. The number of ketones is 2. The Labute approximate surface area is 142 Å². The molecule has 3 fully saturated rings. The number of Topliss-reactive ketones (excluding diaryl/α,β-unsaturated/α-hetero) is 2. The second-order valence-corrected chi connectivity index (χ2v) is 9.02. The third-order valence-corrected chi connectivity index (χ3v) is 7.14. The van der Waals surface area contributed by atoms with Gasteiger partial charge in [-0.25, -0.2) is 0 Å². The van der Waals surface area contributed by atoms with Gasteiger partial charge in [-0.15, -0.1) is 0 Å². The van der Waals surface area contributed by atoms with Crippen LogP contribution in [0.3, 0.4) is 0 Å². The zero-order valence-electron chi connectivity index (χ0n) is 16.0. The highest BCUT2D eigenvalue weighted by Gasteiger charge is 2.54. The summed E-state index contributed by atoms with van der Waals surface area (Å²) in [5.74, 6) is 5.15. The third-order valence-electron chi connectivity index (χ3n) is 7.14. The molecule has 0 aromatic rings. The highest BCUT2D eigenvalue weighted by atomic mass is 16.1. The molecular weight excluding hydrogens is 284 g/mol. The molecule has 3 aliphatic carbocycles. The van der Waals surface area contributed by atoms with Crippen LogP contribution in [-0.4, -0.2) is 11.6 Å². The maximum Gasteiger partial charge on any atom is 0.133 e. The Bertz CT molecular complexity index is 441. The largest absolute Gasteiger partial charge is 0.300 e. The summed E-state index contributed by atoms with van der Waals surface area (Å²) in [6.07, 6.45) is 6.64. The van der Waals surface area contributed by atoms with Crippen LogP contribution in [0.25, 0.3) is 0 Å². The summed E-state index contributed by atoms with van der Waals surface area (Å²) in [6, 6.07) is 0. The zero-order chi connectivity index (χ0) is 17.3. The first kappa shape index (κ1) is 18.7. The van der Waals surface area contributed by atoms with Crippen molar-refractivity contribution in [3.63, 3.8) is 0 Å². The Kier molecular flexibility index (Phi) is 6.08. The molecule has 2 nitrogen and oxygen atoms in total. The van der Waals surface area contributed by atoms with Gasteiger partial charge in [0.25, 0.3) is 0 Å². The highest BCUT2D eigenvalue weighted by molar-refractivity contribution is 5.88. The minimum atomic E-state index is 0.0428. The van der Waals surface area contributed by atoms with Crippen molar-refractivity contribution in [2.24, 2.45) is 47.3 Å². The van der Waals surface area contributed by atoms with E-state index in [4.69, 9.17) is 0 Å². The lowest BCUT2D eigenvalue weighted by molar-refractivity contribution is -0.133. The van der Waals surface area contributed by atoms with Gasteiger partial charge in [-0.1, -0.05) is 40.5 Å². The maximum atomic E-state index is 11.5. The molecule has 8 atom stereocenters. The summed E-state index contributed by atoms with van der Waals surface area (Å²) in [5.41, 5.74) is 0. The van der Waals surface area contributed by atoms with Crippen LogP contribution in [0.15, 0.2) is 0 Å². The van der Waals surface area contributed by atoms with E-state index >= 15 is 0 Å². The molecule has 132 valence electrons. The van der Waals surface area contributed by atoms with E-state index in [0.29, 0.717) is 17.8 Å². The second kappa shape index (κ2) is 7.49. The lowest BCUT2D eigenvalue weighted by Gasteiger charge is -2.31. The summed E-state index contributed by atoms with van der Waals surface area (Å²) in [6.45, 7) is 12.7. The van der Waals surface area contributed by atoms with Crippen LogP contribution < -0.4 is 0 Å². The van der Waals surface area contributed by atoms with Crippen LogP contribution in [0, 0.1) is 47.3 Å². The van der Waals surface area contributed by atoms with Crippen molar-refractivity contribution in [2.45, 2.75) is 73.6 Å². The average Bonchev–Trinajstić information content (AvgIpc) is 3.00. The van der Waals surface area contributed by atoms with Crippen LogP contribution in [0.5, 0.6) is 0 Å². The Morgan fingerprint density at radius 2 is 1.30 bits per heavy atom. The number of carbonyl (C=O) groups is 2. The van der Waals surface area contributed by atoms with Gasteiger partial charge >= 0.3 is 0 Å². The quantitative estimate of drug-likeness (QED) is 0.705. The van der Waals surface area contributed by atoms with Gasteiger partial charge in [-0.05, 0) is 68.6 Å². The van der Waals surface area contributed by atoms with E-state index < -0.39 is 0 Å². The molecule has 3 saturated carbocycles. The number of hydrogen-bond acceptors (Lipinski definition) is 2. The van der Waals surface area contributed by atoms with E-state index in [-0.39, 0.29) is 23.4 Å². The molecule has 0 amide bonds. The van der Waals surface area contributed by atoms with Crippen LogP contribution in [0.2, 0.25) is 0 Å².